The quantitative estimate of drug-likeness (QED) is 0.759. The Morgan fingerprint density at radius 2 is 2.50 bits per heavy atom. The maximum absolute atomic E-state index is 5.78. The molecule has 0 saturated carbocycles. The molecule has 2 atom stereocenters. The van der Waals surface area contributed by atoms with Gasteiger partial charge >= 0.3 is 0 Å². The van der Waals surface area contributed by atoms with Gasteiger partial charge in [0.15, 0.2) is 0 Å². The number of nitrogens with two attached hydrogens (primary N) is 1. The van der Waals surface area contributed by atoms with E-state index < -0.39 is 0 Å². The molecule has 2 heterocycles. The Balaban J connectivity index is 2.23. The first-order valence-corrected chi connectivity index (χ1v) is 5.13. The van der Waals surface area contributed by atoms with Crippen molar-refractivity contribution in [2.24, 2.45) is 11.7 Å². The predicted octanol–water partition coefficient (Wildman–Crippen LogP) is 1.03. The van der Waals surface area contributed by atoms with Crippen LogP contribution in [0.15, 0.2) is 24.5 Å². The molecule has 0 bridgehead atoms. The van der Waals surface area contributed by atoms with Gasteiger partial charge in [0.1, 0.15) is 0 Å². The minimum atomic E-state index is 0.466. The number of aromatic nitrogens is 1. The molecule has 14 heavy (non-hydrogen) atoms. The molecule has 0 aromatic carbocycles. The van der Waals surface area contributed by atoms with Crippen molar-refractivity contribution >= 4 is 0 Å². The van der Waals surface area contributed by atoms with Gasteiger partial charge in [0.05, 0.1) is 0 Å². The van der Waals surface area contributed by atoms with Gasteiger partial charge in [0.2, 0.25) is 0 Å². The van der Waals surface area contributed by atoms with Crippen LogP contribution in [0.5, 0.6) is 0 Å². The summed E-state index contributed by atoms with van der Waals surface area (Å²) in [6, 6.07) is 4.60. The average Bonchev–Trinajstić information content (AvgIpc) is 2.61. The highest BCUT2D eigenvalue weighted by molar-refractivity contribution is 5.16. The maximum atomic E-state index is 5.78. The van der Waals surface area contributed by atoms with Crippen LogP contribution in [0.4, 0.5) is 0 Å². The Hall–Kier alpha value is -0.930. The number of rotatable bonds is 2. The Morgan fingerprint density at radius 3 is 3.14 bits per heavy atom. The summed E-state index contributed by atoms with van der Waals surface area (Å²) >= 11 is 0. The minimum absolute atomic E-state index is 0.466. The molecule has 0 unspecified atom stereocenters. The monoisotopic (exact) mass is 191 g/mol. The molecule has 0 aliphatic carbocycles. The topological polar surface area (TPSA) is 42.1 Å². The summed E-state index contributed by atoms with van der Waals surface area (Å²) < 4.78 is 0. The first-order valence-electron chi connectivity index (χ1n) is 5.13. The highest BCUT2D eigenvalue weighted by Gasteiger charge is 2.31. The zero-order valence-electron chi connectivity index (χ0n) is 8.56. The zero-order valence-corrected chi connectivity index (χ0v) is 8.56. The summed E-state index contributed by atoms with van der Waals surface area (Å²) in [6.45, 7) is 1.91. The van der Waals surface area contributed by atoms with E-state index in [2.05, 4.69) is 23.0 Å². The second-order valence-electron chi connectivity index (χ2n) is 4.00. The normalized spacial score (nSPS) is 28.1. The van der Waals surface area contributed by atoms with Crippen LogP contribution in [0.25, 0.3) is 0 Å². The molecule has 1 saturated heterocycles. The van der Waals surface area contributed by atoms with Crippen molar-refractivity contribution in [2.45, 2.75) is 12.5 Å². The molecule has 1 fully saturated rings. The third kappa shape index (κ3) is 1.65. The van der Waals surface area contributed by atoms with Crippen molar-refractivity contribution in [1.29, 1.82) is 0 Å². The fraction of sp³-hybridized carbons (Fsp3) is 0.545. The van der Waals surface area contributed by atoms with Gasteiger partial charge < -0.3 is 5.73 Å². The first-order chi connectivity index (χ1) is 6.83. The molecule has 3 heteroatoms. The lowest BCUT2D eigenvalue weighted by molar-refractivity contribution is 0.279. The lowest BCUT2D eigenvalue weighted by Crippen LogP contribution is -2.25. The molecule has 76 valence electrons. The fourth-order valence-corrected chi connectivity index (χ4v) is 2.35. The van der Waals surface area contributed by atoms with E-state index in [1.165, 1.54) is 12.0 Å². The summed E-state index contributed by atoms with van der Waals surface area (Å²) in [6.07, 6.45) is 4.97. The van der Waals surface area contributed by atoms with E-state index in [1.54, 1.807) is 0 Å². The van der Waals surface area contributed by atoms with Crippen molar-refractivity contribution in [2.75, 3.05) is 20.1 Å². The highest BCUT2D eigenvalue weighted by atomic mass is 15.2. The second-order valence-corrected chi connectivity index (χ2v) is 4.00. The van der Waals surface area contributed by atoms with E-state index in [0.29, 0.717) is 12.0 Å². The largest absolute Gasteiger partial charge is 0.330 e. The molecule has 0 amide bonds. The van der Waals surface area contributed by atoms with Crippen LogP contribution in [0.3, 0.4) is 0 Å². The molecule has 0 spiro atoms. The Bertz CT molecular complexity index is 286. The zero-order chi connectivity index (χ0) is 9.97. The third-order valence-corrected chi connectivity index (χ3v) is 3.10. The number of pyridine rings is 1. The number of hydrogen-bond donors (Lipinski definition) is 1. The summed E-state index contributed by atoms with van der Waals surface area (Å²) in [5, 5.41) is 0. The van der Waals surface area contributed by atoms with Crippen molar-refractivity contribution in [3.8, 4) is 0 Å². The predicted molar refractivity (Wildman–Crippen MR) is 56.8 cm³/mol. The third-order valence-electron chi connectivity index (χ3n) is 3.10. The van der Waals surface area contributed by atoms with Crippen molar-refractivity contribution in [3.63, 3.8) is 0 Å². The van der Waals surface area contributed by atoms with Crippen LogP contribution in [0, 0.1) is 5.92 Å². The summed E-state index contributed by atoms with van der Waals surface area (Å²) in [7, 11) is 2.16. The van der Waals surface area contributed by atoms with E-state index >= 15 is 0 Å². The molecular weight excluding hydrogens is 174 g/mol. The standard InChI is InChI=1S/C11H17N3/c1-14-6-4-9(7-12)11(14)10-3-2-5-13-8-10/h2-3,5,8-9,11H,4,6-7,12H2,1H3/t9-,11-/m0/s1. The van der Waals surface area contributed by atoms with Crippen LogP contribution in [-0.4, -0.2) is 30.0 Å². The van der Waals surface area contributed by atoms with Crippen LogP contribution >= 0.6 is 0 Å². The summed E-state index contributed by atoms with van der Waals surface area (Å²) in [5.41, 5.74) is 7.07. The van der Waals surface area contributed by atoms with Crippen molar-refractivity contribution in [3.05, 3.63) is 30.1 Å². The van der Waals surface area contributed by atoms with Crippen LogP contribution in [0.1, 0.15) is 18.0 Å². The smallest absolute Gasteiger partial charge is 0.0400 e. The summed E-state index contributed by atoms with van der Waals surface area (Å²) in [5.74, 6) is 0.587. The maximum Gasteiger partial charge on any atom is 0.0400 e. The van der Waals surface area contributed by atoms with Gasteiger partial charge in [0.25, 0.3) is 0 Å². The molecule has 1 aromatic heterocycles. The molecule has 0 radical (unpaired) electrons. The van der Waals surface area contributed by atoms with Crippen LogP contribution < -0.4 is 5.73 Å². The molecule has 2 N–H and O–H groups in total. The van der Waals surface area contributed by atoms with E-state index in [1.807, 2.05) is 18.5 Å². The molecule has 1 aromatic rings. The lowest BCUT2D eigenvalue weighted by atomic mass is 9.95. The fourth-order valence-electron chi connectivity index (χ4n) is 2.35. The van der Waals surface area contributed by atoms with E-state index in [9.17, 15) is 0 Å². The average molecular weight is 191 g/mol. The second kappa shape index (κ2) is 4.07. The first kappa shape index (κ1) is 9.62. The van der Waals surface area contributed by atoms with Gasteiger partial charge in [0, 0.05) is 18.4 Å². The van der Waals surface area contributed by atoms with Gasteiger partial charge in [-0.25, -0.2) is 0 Å². The van der Waals surface area contributed by atoms with E-state index in [4.69, 9.17) is 5.73 Å². The number of nitrogens with zero attached hydrogens (tertiary/aromatic N) is 2. The lowest BCUT2D eigenvalue weighted by Gasteiger charge is -2.24. The Kier molecular flexibility index (Phi) is 2.79. The minimum Gasteiger partial charge on any atom is -0.330 e. The molecule has 3 nitrogen and oxygen atoms in total. The van der Waals surface area contributed by atoms with Gasteiger partial charge in [-0.2, -0.15) is 0 Å². The van der Waals surface area contributed by atoms with Crippen LogP contribution in [0.2, 0.25) is 0 Å². The van der Waals surface area contributed by atoms with Crippen molar-refractivity contribution in [1.82, 2.24) is 9.88 Å². The Labute approximate surface area is 84.9 Å². The molecule has 2 rings (SSSR count). The van der Waals surface area contributed by atoms with E-state index in [-0.39, 0.29) is 0 Å². The highest BCUT2D eigenvalue weighted by Crippen LogP contribution is 2.34. The number of hydrogen-bond acceptors (Lipinski definition) is 3. The van der Waals surface area contributed by atoms with Gasteiger partial charge in [-0.1, -0.05) is 6.07 Å². The van der Waals surface area contributed by atoms with Crippen LogP contribution in [-0.2, 0) is 0 Å². The van der Waals surface area contributed by atoms with Gasteiger partial charge in [-0.15, -0.1) is 0 Å². The SMILES string of the molecule is CN1CC[C@@H](CN)[C@H]1c1cccnc1. The molecule has 1 aliphatic heterocycles. The molecule has 1 aliphatic rings. The number of likely N-dealkylation sites (tertiary alicyclic amines) is 1. The summed E-state index contributed by atoms with van der Waals surface area (Å²) in [4.78, 5) is 6.53. The Morgan fingerprint density at radius 1 is 1.64 bits per heavy atom. The van der Waals surface area contributed by atoms with Gasteiger partial charge in [-0.05, 0) is 44.1 Å². The molecular formula is C11H17N3. The van der Waals surface area contributed by atoms with Crippen molar-refractivity contribution < 1.29 is 0 Å². The van der Waals surface area contributed by atoms with E-state index in [0.717, 1.165) is 13.1 Å². The van der Waals surface area contributed by atoms with Gasteiger partial charge in [-0.3, -0.25) is 9.88 Å².